The summed E-state index contributed by atoms with van der Waals surface area (Å²) in [6.45, 7) is 3.93. The zero-order chi connectivity index (χ0) is 14.5. The van der Waals surface area contributed by atoms with E-state index in [2.05, 4.69) is 6.58 Å². The van der Waals surface area contributed by atoms with Gasteiger partial charge in [-0.25, -0.2) is 4.39 Å². The molecule has 1 aromatic rings. The third-order valence-corrected chi connectivity index (χ3v) is 2.57. The third-order valence-electron chi connectivity index (χ3n) is 2.57. The van der Waals surface area contributed by atoms with Crippen LogP contribution in [0.25, 0.3) is 0 Å². The average Bonchev–Trinajstić information content (AvgIpc) is 2.31. The summed E-state index contributed by atoms with van der Waals surface area (Å²) in [5, 5.41) is 8.84. The van der Waals surface area contributed by atoms with Crippen molar-refractivity contribution in [3.05, 3.63) is 47.8 Å². The summed E-state index contributed by atoms with van der Waals surface area (Å²) in [4.78, 5) is 1.60. The molecule has 0 radical (unpaired) electrons. The highest BCUT2D eigenvalue weighted by molar-refractivity contribution is 5.27. The predicted octanol–water partition coefficient (Wildman–Crippen LogP) is 2.82. The Kier molecular flexibility index (Phi) is 5.50. The molecule has 0 bridgehead atoms. The van der Waals surface area contributed by atoms with Gasteiger partial charge in [0.05, 0.1) is 12.2 Å². The average molecular weight is 277 g/mol. The number of rotatable bonds is 6. The van der Waals surface area contributed by atoms with Crippen molar-refractivity contribution in [3.8, 4) is 0 Å². The topological polar surface area (TPSA) is 23.5 Å². The van der Waals surface area contributed by atoms with E-state index in [1.165, 1.54) is 0 Å². The zero-order valence-electron chi connectivity index (χ0n) is 10.3. The maximum Gasteiger partial charge on any atom is 0.416 e. The number of nitrogens with zero attached hydrogens (tertiary/aromatic N) is 1. The molecule has 0 aliphatic heterocycles. The minimum Gasteiger partial charge on any atom is -0.395 e. The van der Waals surface area contributed by atoms with Gasteiger partial charge in [0.1, 0.15) is 5.82 Å². The zero-order valence-corrected chi connectivity index (χ0v) is 10.3. The van der Waals surface area contributed by atoms with E-state index in [1.54, 1.807) is 11.0 Å². The molecule has 0 aliphatic rings. The normalized spacial score (nSPS) is 11.9. The molecule has 0 saturated heterocycles. The Morgan fingerprint density at radius 3 is 2.53 bits per heavy atom. The van der Waals surface area contributed by atoms with Crippen LogP contribution >= 0.6 is 0 Å². The molecule has 1 N–H and O–H groups in total. The molecule has 0 aliphatic carbocycles. The molecule has 0 atom stereocenters. The quantitative estimate of drug-likeness (QED) is 0.638. The van der Waals surface area contributed by atoms with E-state index in [-0.39, 0.29) is 25.3 Å². The molecule has 0 fully saturated rings. The van der Waals surface area contributed by atoms with Gasteiger partial charge in [-0.05, 0) is 18.2 Å². The van der Waals surface area contributed by atoms with Crippen LogP contribution in [0.4, 0.5) is 17.6 Å². The van der Waals surface area contributed by atoms with E-state index < -0.39 is 17.6 Å². The van der Waals surface area contributed by atoms with Gasteiger partial charge in [-0.15, -0.1) is 6.58 Å². The fourth-order valence-electron chi connectivity index (χ4n) is 1.67. The molecule has 0 unspecified atom stereocenters. The number of aliphatic hydroxyl groups excluding tert-OH is 1. The minimum absolute atomic E-state index is 0.0116. The summed E-state index contributed by atoms with van der Waals surface area (Å²) in [5.41, 5.74) is -0.934. The Morgan fingerprint density at radius 2 is 2.00 bits per heavy atom. The largest absolute Gasteiger partial charge is 0.416 e. The fourth-order valence-corrected chi connectivity index (χ4v) is 1.67. The number of halogens is 4. The molecule has 0 spiro atoms. The van der Waals surface area contributed by atoms with Crippen LogP contribution in [0.5, 0.6) is 0 Å². The van der Waals surface area contributed by atoms with Gasteiger partial charge in [0.25, 0.3) is 0 Å². The van der Waals surface area contributed by atoms with Crippen molar-refractivity contribution in [3.63, 3.8) is 0 Å². The molecule has 0 saturated carbocycles. The van der Waals surface area contributed by atoms with Crippen molar-refractivity contribution in [2.24, 2.45) is 0 Å². The van der Waals surface area contributed by atoms with Crippen LogP contribution in [-0.4, -0.2) is 29.7 Å². The Hall–Kier alpha value is -1.40. The molecule has 0 heterocycles. The lowest BCUT2D eigenvalue weighted by Crippen LogP contribution is -2.27. The predicted molar refractivity (Wildman–Crippen MR) is 64.0 cm³/mol. The van der Waals surface area contributed by atoms with E-state index in [0.29, 0.717) is 12.6 Å². The first-order valence-corrected chi connectivity index (χ1v) is 5.68. The van der Waals surface area contributed by atoms with Crippen molar-refractivity contribution in [2.75, 3.05) is 19.7 Å². The molecule has 19 heavy (non-hydrogen) atoms. The van der Waals surface area contributed by atoms with E-state index >= 15 is 0 Å². The lowest BCUT2D eigenvalue weighted by molar-refractivity contribution is -0.137. The SMILES string of the molecule is C=CCN(CCO)Cc1cc(C(F)(F)F)ccc1F. The van der Waals surface area contributed by atoms with Gasteiger partial charge < -0.3 is 5.11 Å². The Bertz CT molecular complexity index is 431. The highest BCUT2D eigenvalue weighted by atomic mass is 19.4. The summed E-state index contributed by atoms with van der Waals surface area (Å²) >= 11 is 0. The van der Waals surface area contributed by atoms with Crippen molar-refractivity contribution in [2.45, 2.75) is 12.7 Å². The number of benzene rings is 1. The van der Waals surface area contributed by atoms with Crippen LogP contribution < -0.4 is 0 Å². The van der Waals surface area contributed by atoms with Gasteiger partial charge in [-0.1, -0.05) is 6.08 Å². The number of hydrogen-bond acceptors (Lipinski definition) is 2. The van der Waals surface area contributed by atoms with E-state index in [0.717, 1.165) is 12.1 Å². The number of hydrogen-bond donors (Lipinski definition) is 1. The van der Waals surface area contributed by atoms with Gasteiger partial charge in [-0.3, -0.25) is 4.90 Å². The van der Waals surface area contributed by atoms with Gasteiger partial charge in [0.2, 0.25) is 0 Å². The number of alkyl halides is 3. The van der Waals surface area contributed by atoms with Crippen LogP contribution in [0, 0.1) is 5.82 Å². The molecule has 6 heteroatoms. The van der Waals surface area contributed by atoms with Crippen LogP contribution in [0.3, 0.4) is 0 Å². The maximum atomic E-state index is 13.5. The summed E-state index contributed by atoms with van der Waals surface area (Å²) < 4.78 is 51.1. The van der Waals surface area contributed by atoms with Crippen LogP contribution in [0.15, 0.2) is 30.9 Å². The second-order valence-corrected chi connectivity index (χ2v) is 4.05. The minimum atomic E-state index is -4.50. The van der Waals surface area contributed by atoms with E-state index in [9.17, 15) is 17.6 Å². The summed E-state index contributed by atoms with van der Waals surface area (Å²) in [6, 6.07) is 2.31. The maximum absolute atomic E-state index is 13.5. The van der Waals surface area contributed by atoms with Crippen molar-refractivity contribution >= 4 is 0 Å². The Morgan fingerprint density at radius 1 is 1.32 bits per heavy atom. The summed E-state index contributed by atoms with van der Waals surface area (Å²) in [5.74, 6) is -0.694. The first-order valence-electron chi connectivity index (χ1n) is 5.68. The standard InChI is InChI=1S/C13H15F4NO/c1-2-5-18(6-7-19)9-10-8-11(13(15,16)17)3-4-12(10)14/h2-4,8,19H,1,5-7,9H2. The van der Waals surface area contributed by atoms with Gasteiger partial charge in [0.15, 0.2) is 0 Å². The highest BCUT2D eigenvalue weighted by Gasteiger charge is 2.31. The molecular weight excluding hydrogens is 262 g/mol. The summed E-state index contributed by atoms with van der Waals surface area (Å²) in [7, 11) is 0. The lowest BCUT2D eigenvalue weighted by Gasteiger charge is -2.20. The molecule has 1 aromatic carbocycles. The first kappa shape index (κ1) is 15.7. The molecular formula is C13H15F4NO. The first-order chi connectivity index (χ1) is 8.88. The highest BCUT2D eigenvalue weighted by Crippen LogP contribution is 2.30. The Balaban J connectivity index is 2.95. The summed E-state index contributed by atoms with van der Waals surface area (Å²) in [6.07, 6.45) is -2.95. The fraction of sp³-hybridized carbons (Fsp3) is 0.385. The van der Waals surface area contributed by atoms with Crippen molar-refractivity contribution in [1.29, 1.82) is 0 Å². The van der Waals surface area contributed by atoms with Crippen LogP contribution in [-0.2, 0) is 12.7 Å². The molecule has 0 aromatic heterocycles. The molecule has 2 nitrogen and oxygen atoms in total. The van der Waals surface area contributed by atoms with E-state index in [1.807, 2.05) is 0 Å². The number of aliphatic hydroxyl groups is 1. The second kappa shape index (κ2) is 6.68. The van der Waals surface area contributed by atoms with Crippen LogP contribution in [0.2, 0.25) is 0 Å². The van der Waals surface area contributed by atoms with Gasteiger partial charge >= 0.3 is 6.18 Å². The third kappa shape index (κ3) is 4.65. The molecule has 1 rings (SSSR count). The second-order valence-electron chi connectivity index (χ2n) is 4.05. The molecule has 106 valence electrons. The monoisotopic (exact) mass is 277 g/mol. The van der Waals surface area contributed by atoms with Gasteiger partial charge in [0, 0.05) is 25.2 Å². The lowest BCUT2D eigenvalue weighted by atomic mass is 10.1. The van der Waals surface area contributed by atoms with Crippen LogP contribution in [0.1, 0.15) is 11.1 Å². The molecule has 0 amide bonds. The van der Waals surface area contributed by atoms with Crippen molar-refractivity contribution in [1.82, 2.24) is 4.90 Å². The van der Waals surface area contributed by atoms with E-state index in [4.69, 9.17) is 5.11 Å². The smallest absolute Gasteiger partial charge is 0.395 e. The van der Waals surface area contributed by atoms with Crippen molar-refractivity contribution < 1.29 is 22.7 Å². The van der Waals surface area contributed by atoms with Gasteiger partial charge in [-0.2, -0.15) is 13.2 Å². The Labute approximate surface area is 109 Å².